The Kier molecular flexibility index (Phi) is 3.61. The van der Waals surface area contributed by atoms with Crippen LogP contribution in [-0.4, -0.2) is 29.0 Å². The third-order valence-electron chi connectivity index (χ3n) is 2.51. The van der Waals surface area contributed by atoms with E-state index in [4.69, 9.17) is 11.6 Å². The lowest BCUT2D eigenvalue weighted by molar-refractivity contribution is 0.505. The highest BCUT2D eigenvalue weighted by Gasteiger charge is 2.16. The van der Waals surface area contributed by atoms with Crippen LogP contribution in [0.3, 0.4) is 0 Å². The van der Waals surface area contributed by atoms with Crippen molar-refractivity contribution in [3.8, 4) is 11.4 Å². The predicted molar refractivity (Wildman–Crippen MR) is 69.3 cm³/mol. The average molecular weight is 285 g/mol. The SMILES string of the molecule is Cc1ccc(-c2nc(Cl)nc(N(C)C)n2)c(F)c1F. The first-order chi connectivity index (χ1) is 8.90. The largest absolute Gasteiger partial charge is 0.347 e. The van der Waals surface area contributed by atoms with Crippen molar-refractivity contribution in [2.24, 2.45) is 0 Å². The number of hydrogen-bond donors (Lipinski definition) is 0. The highest BCUT2D eigenvalue weighted by atomic mass is 35.5. The van der Waals surface area contributed by atoms with Crippen molar-refractivity contribution in [1.82, 2.24) is 15.0 Å². The molecular weight excluding hydrogens is 274 g/mol. The van der Waals surface area contributed by atoms with Crippen molar-refractivity contribution < 1.29 is 8.78 Å². The molecule has 0 N–H and O–H groups in total. The summed E-state index contributed by atoms with van der Waals surface area (Å²) in [5.74, 6) is -1.64. The van der Waals surface area contributed by atoms with Crippen LogP contribution in [0.1, 0.15) is 5.56 Å². The van der Waals surface area contributed by atoms with Crippen LogP contribution < -0.4 is 4.90 Å². The minimum atomic E-state index is -0.994. The van der Waals surface area contributed by atoms with E-state index in [-0.39, 0.29) is 28.2 Å². The van der Waals surface area contributed by atoms with Crippen LogP contribution >= 0.6 is 11.6 Å². The van der Waals surface area contributed by atoms with Crippen molar-refractivity contribution in [2.45, 2.75) is 6.92 Å². The van der Waals surface area contributed by atoms with Crippen molar-refractivity contribution in [3.05, 3.63) is 34.6 Å². The number of hydrogen-bond acceptors (Lipinski definition) is 4. The molecule has 0 aliphatic carbocycles. The molecule has 0 bridgehead atoms. The molecule has 0 radical (unpaired) electrons. The summed E-state index contributed by atoms with van der Waals surface area (Å²) in [6, 6.07) is 2.87. The van der Waals surface area contributed by atoms with E-state index in [2.05, 4.69) is 15.0 Å². The monoisotopic (exact) mass is 284 g/mol. The number of nitrogens with zero attached hydrogens (tertiary/aromatic N) is 4. The lowest BCUT2D eigenvalue weighted by Gasteiger charge is -2.11. The zero-order chi connectivity index (χ0) is 14.2. The van der Waals surface area contributed by atoms with E-state index < -0.39 is 11.6 Å². The molecule has 100 valence electrons. The van der Waals surface area contributed by atoms with Gasteiger partial charge in [-0.25, -0.2) is 8.78 Å². The fourth-order valence-corrected chi connectivity index (χ4v) is 1.63. The standard InChI is InChI=1S/C12H11ClF2N4/c1-6-4-5-7(9(15)8(6)14)10-16-11(13)18-12(17-10)19(2)3/h4-5H,1-3H3. The summed E-state index contributed by atoms with van der Waals surface area (Å²) < 4.78 is 27.4. The summed E-state index contributed by atoms with van der Waals surface area (Å²) in [6.07, 6.45) is 0. The highest BCUT2D eigenvalue weighted by Crippen LogP contribution is 2.25. The van der Waals surface area contributed by atoms with Gasteiger partial charge in [0.05, 0.1) is 5.56 Å². The molecule has 1 aromatic heterocycles. The van der Waals surface area contributed by atoms with E-state index in [1.807, 2.05) is 0 Å². The topological polar surface area (TPSA) is 41.9 Å². The van der Waals surface area contributed by atoms with Gasteiger partial charge in [-0.15, -0.1) is 0 Å². The van der Waals surface area contributed by atoms with Gasteiger partial charge in [0.2, 0.25) is 11.2 Å². The van der Waals surface area contributed by atoms with Crippen LogP contribution in [0.4, 0.5) is 14.7 Å². The van der Waals surface area contributed by atoms with Crippen molar-refractivity contribution in [2.75, 3.05) is 19.0 Å². The maximum atomic E-state index is 13.9. The Hall–Kier alpha value is -1.82. The average Bonchev–Trinajstić information content (AvgIpc) is 2.35. The lowest BCUT2D eigenvalue weighted by atomic mass is 10.1. The van der Waals surface area contributed by atoms with Gasteiger partial charge in [0.25, 0.3) is 0 Å². The van der Waals surface area contributed by atoms with Crippen LogP contribution in [0.2, 0.25) is 5.28 Å². The summed E-state index contributed by atoms with van der Waals surface area (Å²) >= 11 is 5.76. The van der Waals surface area contributed by atoms with Crippen molar-refractivity contribution in [1.29, 1.82) is 0 Å². The van der Waals surface area contributed by atoms with Gasteiger partial charge >= 0.3 is 0 Å². The summed E-state index contributed by atoms with van der Waals surface area (Å²) in [4.78, 5) is 13.4. The molecule has 0 saturated heterocycles. The van der Waals surface area contributed by atoms with Gasteiger partial charge in [-0.2, -0.15) is 15.0 Å². The maximum Gasteiger partial charge on any atom is 0.229 e. The zero-order valence-electron chi connectivity index (χ0n) is 10.6. The van der Waals surface area contributed by atoms with E-state index in [0.717, 1.165) is 0 Å². The normalized spacial score (nSPS) is 10.6. The van der Waals surface area contributed by atoms with Crippen molar-refractivity contribution >= 4 is 17.5 Å². The zero-order valence-corrected chi connectivity index (χ0v) is 11.3. The second kappa shape index (κ2) is 5.05. The van der Waals surface area contributed by atoms with Crippen LogP contribution in [-0.2, 0) is 0 Å². The molecule has 1 aromatic carbocycles. The number of halogens is 3. The smallest absolute Gasteiger partial charge is 0.229 e. The molecule has 0 aliphatic rings. The maximum absolute atomic E-state index is 13.9. The first kappa shape index (κ1) is 13.6. The highest BCUT2D eigenvalue weighted by molar-refractivity contribution is 6.28. The summed E-state index contributed by atoms with van der Waals surface area (Å²) in [6.45, 7) is 1.48. The molecule has 0 atom stereocenters. The predicted octanol–water partition coefficient (Wildman–Crippen LogP) is 2.84. The van der Waals surface area contributed by atoms with Crippen LogP contribution in [0.25, 0.3) is 11.4 Å². The summed E-state index contributed by atoms with van der Waals surface area (Å²) in [7, 11) is 3.42. The Morgan fingerprint density at radius 2 is 1.74 bits per heavy atom. The molecule has 0 fully saturated rings. The third kappa shape index (κ3) is 2.63. The van der Waals surface area contributed by atoms with E-state index >= 15 is 0 Å². The lowest BCUT2D eigenvalue weighted by Crippen LogP contribution is -2.14. The number of benzene rings is 1. The van der Waals surface area contributed by atoms with Gasteiger partial charge < -0.3 is 4.90 Å². The first-order valence-electron chi connectivity index (χ1n) is 5.44. The van der Waals surface area contributed by atoms with Gasteiger partial charge in [-0.1, -0.05) is 6.07 Å². The number of anilines is 1. The van der Waals surface area contributed by atoms with Crippen LogP contribution in [0, 0.1) is 18.6 Å². The Balaban J connectivity index is 2.62. The summed E-state index contributed by atoms with van der Waals surface area (Å²) in [5.41, 5.74) is 0.171. The van der Waals surface area contributed by atoms with Crippen LogP contribution in [0.15, 0.2) is 12.1 Å². The molecule has 0 spiro atoms. The molecule has 0 saturated carbocycles. The molecular formula is C12H11ClF2N4. The Bertz CT molecular complexity index is 631. The van der Waals surface area contributed by atoms with E-state index in [1.54, 1.807) is 19.0 Å². The van der Waals surface area contributed by atoms with Gasteiger partial charge in [0.15, 0.2) is 17.5 Å². The second-order valence-electron chi connectivity index (χ2n) is 4.18. The molecule has 7 heteroatoms. The van der Waals surface area contributed by atoms with Gasteiger partial charge in [-0.3, -0.25) is 0 Å². The van der Waals surface area contributed by atoms with Gasteiger partial charge in [0.1, 0.15) is 0 Å². The number of rotatable bonds is 2. The van der Waals surface area contributed by atoms with Gasteiger partial charge in [-0.05, 0) is 30.2 Å². The first-order valence-corrected chi connectivity index (χ1v) is 5.82. The quantitative estimate of drug-likeness (QED) is 0.850. The molecule has 0 amide bonds. The number of aryl methyl sites for hydroxylation is 1. The number of aromatic nitrogens is 3. The van der Waals surface area contributed by atoms with E-state index in [9.17, 15) is 8.78 Å². The summed E-state index contributed by atoms with van der Waals surface area (Å²) in [5, 5.41) is -0.0749. The molecule has 0 unspecified atom stereocenters. The molecule has 19 heavy (non-hydrogen) atoms. The fourth-order valence-electron chi connectivity index (χ4n) is 1.48. The molecule has 1 heterocycles. The fraction of sp³-hybridized carbons (Fsp3) is 0.250. The molecule has 4 nitrogen and oxygen atoms in total. The van der Waals surface area contributed by atoms with E-state index in [1.165, 1.54) is 19.1 Å². The molecule has 0 aliphatic heterocycles. The van der Waals surface area contributed by atoms with Crippen molar-refractivity contribution in [3.63, 3.8) is 0 Å². The van der Waals surface area contributed by atoms with E-state index in [0.29, 0.717) is 0 Å². The van der Waals surface area contributed by atoms with Gasteiger partial charge in [0, 0.05) is 14.1 Å². The Labute approximate surface area is 114 Å². The third-order valence-corrected chi connectivity index (χ3v) is 2.68. The molecule has 2 rings (SSSR count). The second-order valence-corrected chi connectivity index (χ2v) is 4.52. The Morgan fingerprint density at radius 3 is 2.37 bits per heavy atom. The Morgan fingerprint density at radius 1 is 1.05 bits per heavy atom. The van der Waals surface area contributed by atoms with Crippen LogP contribution in [0.5, 0.6) is 0 Å². The minimum Gasteiger partial charge on any atom is -0.347 e. The molecule has 2 aromatic rings. The minimum absolute atomic E-state index is 0.0000926.